The van der Waals surface area contributed by atoms with E-state index >= 15 is 0 Å². The number of para-hydroxylation sites is 1. The molecule has 0 saturated carbocycles. The van der Waals surface area contributed by atoms with Gasteiger partial charge in [-0.2, -0.15) is 9.97 Å². The third kappa shape index (κ3) is 5.36. The maximum absolute atomic E-state index is 12.7. The number of aromatic nitrogens is 2. The van der Waals surface area contributed by atoms with Crippen molar-refractivity contribution in [2.75, 3.05) is 44.7 Å². The van der Waals surface area contributed by atoms with Crippen LogP contribution in [0.1, 0.15) is 30.5 Å². The number of likely N-dealkylation sites (tertiary alicyclic amines) is 1. The van der Waals surface area contributed by atoms with Crippen molar-refractivity contribution in [2.45, 2.75) is 32.1 Å². The molecular weight excluding hydrogens is 458 g/mol. The molecule has 0 unspecified atom stereocenters. The van der Waals surface area contributed by atoms with Gasteiger partial charge in [0.15, 0.2) is 0 Å². The minimum Gasteiger partial charge on any atom is -0.497 e. The molecule has 1 amide bonds. The summed E-state index contributed by atoms with van der Waals surface area (Å²) < 4.78 is 10.7. The molecule has 2 aromatic carbocycles. The molecule has 1 aromatic heterocycles. The van der Waals surface area contributed by atoms with E-state index in [0.717, 1.165) is 60.7 Å². The largest absolute Gasteiger partial charge is 0.497 e. The van der Waals surface area contributed by atoms with Crippen molar-refractivity contribution in [3.05, 3.63) is 53.7 Å². The summed E-state index contributed by atoms with van der Waals surface area (Å²) in [6.07, 6.45) is 4.44. The number of nitrogens with one attached hydrogen (secondary N) is 2. The molecule has 9 nitrogen and oxygen atoms in total. The van der Waals surface area contributed by atoms with Crippen LogP contribution < -0.4 is 25.1 Å². The molecule has 3 aromatic rings. The van der Waals surface area contributed by atoms with E-state index < -0.39 is 0 Å². The van der Waals surface area contributed by atoms with Crippen LogP contribution in [0.3, 0.4) is 0 Å². The molecule has 0 atom stereocenters. The van der Waals surface area contributed by atoms with Crippen molar-refractivity contribution in [3.8, 4) is 28.8 Å². The minimum absolute atomic E-state index is 0.0686. The fourth-order valence-corrected chi connectivity index (χ4v) is 4.77. The topological polar surface area (TPSA) is 97.8 Å². The predicted molar refractivity (Wildman–Crippen MR) is 138 cm³/mol. The molecule has 0 bridgehead atoms. The lowest BCUT2D eigenvalue weighted by atomic mass is 10.00. The van der Waals surface area contributed by atoms with E-state index in [-0.39, 0.29) is 18.3 Å². The van der Waals surface area contributed by atoms with Crippen LogP contribution in [0.2, 0.25) is 0 Å². The molecule has 1 fully saturated rings. The van der Waals surface area contributed by atoms with Gasteiger partial charge in [0.1, 0.15) is 11.5 Å². The van der Waals surface area contributed by atoms with Crippen molar-refractivity contribution < 1.29 is 19.1 Å². The number of benzene rings is 2. The Balaban J connectivity index is 1.46. The van der Waals surface area contributed by atoms with Crippen LogP contribution in [0.5, 0.6) is 17.5 Å². The third-order valence-electron chi connectivity index (χ3n) is 6.56. The molecule has 3 heterocycles. The Kier molecular flexibility index (Phi) is 7.18. The molecule has 0 radical (unpaired) electrons. The van der Waals surface area contributed by atoms with E-state index in [4.69, 9.17) is 24.3 Å². The first-order valence-corrected chi connectivity index (χ1v) is 12.3. The lowest BCUT2D eigenvalue weighted by Gasteiger charge is -2.17. The van der Waals surface area contributed by atoms with Crippen molar-refractivity contribution in [1.29, 1.82) is 0 Å². The summed E-state index contributed by atoms with van der Waals surface area (Å²) in [7, 11) is 3.19. The van der Waals surface area contributed by atoms with E-state index in [1.807, 2.05) is 24.3 Å². The predicted octanol–water partition coefficient (Wildman–Crippen LogP) is 4.09. The van der Waals surface area contributed by atoms with Gasteiger partial charge in [-0.05, 0) is 51.4 Å². The van der Waals surface area contributed by atoms with Crippen LogP contribution in [0.25, 0.3) is 11.3 Å². The van der Waals surface area contributed by atoms with Gasteiger partial charge in [-0.25, -0.2) is 5.48 Å². The quantitative estimate of drug-likeness (QED) is 0.434. The van der Waals surface area contributed by atoms with E-state index in [1.165, 1.54) is 12.8 Å². The van der Waals surface area contributed by atoms with Gasteiger partial charge in [0.05, 0.1) is 43.4 Å². The number of amides is 1. The Labute approximate surface area is 210 Å². The Morgan fingerprint density at radius 3 is 2.53 bits per heavy atom. The number of anilines is 2. The summed E-state index contributed by atoms with van der Waals surface area (Å²) in [6, 6.07) is 13.2. The zero-order valence-corrected chi connectivity index (χ0v) is 20.7. The number of aryl methyl sites for hydroxylation is 1. The standard InChI is InChI=1S/C27H31N5O4/c1-34-19-14-18(15-20(16-19)35-2)31-36-27-29-24(10-7-13-32-11-5-6-12-32)22-17-25(33)28-23-9-4-3-8-21(23)26(22)30-27/h3-4,8-9,14-16,31H,5-7,10-13,17H2,1-2H3,(H,28,33). The lowest BCUT2D eigenvalue weighted by molar-refractivity contribution is -0.115. The molecular formula is C27H31N5O4. The van der Waals surface area contributed by atoms with Gasteiger partial charge in [0.2, 0.25) is 5.91 Å². The molecule has 5 rings (SSSR count). The second-order valence-corrected chi connectivity index (χ2v) is 9.01. The van der Waals surface area contributed by atoms with E-state index in [2.05, 4.69) is 15.7 Å². The maximum atomic E-state index is 12.7. The van der Waals surface area contributed by atoms with Gasteiger partial charge in [-0.3, -0.25) is 4.79 Å². The van der Waals surface area contributed by atoms with Gasteiger partial charge >= 0.3 is 6.01 Å². The van der Waals surface area contributed by atoms with Crippen LogP contribution in [0.15, 0.2) is 42.5 Å². The number of carbonyl (C=O) groups is 1. The van der Waals surface area contributed by atoms with Crippen LogP contribution in [-0.4, -0.2) is 54.6 Å². The number of rotatable bonds is 9. The Bertz CT molecular complexity index is 1220. The number of hydrogen-bond donors (Lipinski definition) is 2. The molecule has 2 aliphatic rings. The number of ether oxygens (including phenoxy) is 2. The zero-order chi connectivity index (χ0) is 24.9. The average Bonchev–Trinajstić information content (AvgIpc) is 3.37. The van der Waals surface area contributed by atoms with Crippen molar-refractivity contribution in [2.24, 2.45) is 0 Å². The van der Waals surface area contributed by atoms with Gasteiger partial charge < -0.3 is 24.5 Å². The van der Waals surface area contributed by atoms with Gasteiger partial charge in [-0.1, -0.05) is 18.2 Å². The minimum atomic E-state index is -0.0686. The molecule has 1 saturated heterocycles. The first-order valence-electron chi connectivity index (χ1n) is 12.3. The number of nitrogens with zero attached hydrogens (tertiary/aromatic N) is 3. The highest BCUT2D eigenvalue weighted by atomic mass is 16.7. The Morgan fingerprint density at radius 2 is 1.78 bits per heavy atom. The summed E-state index contributed by atoms with van der Waals surface area (Å²) in [4.78, 5) is 30.5. The van der Waals surface area contributed by atoms with Crippen LogP contribution >= 0.6 is 0 Å². The van der Waals surface area contributed by atoms with Crippen molar-refractivity contribution in [3.63, 3.8) is 0 Å². The van der Waals surface area contributed by atoms with E-state index in [0.29, 0.717) is 17.2 Å². The molecule has 36 heavy (non-hydrogen) atoms. The first kappa shape index (κ1) is 23.9. The highest BCUT2D eigenvalue weighted by Crippen LogP contribution is 2.35. The van der Waals surface area contributed by atoms with Crippen LogP contribution in [0.4, 0.5) is 11.4 Å². The molecule has 188 valence electrons. The molecule has 9 heteroatoms. The molecule has 2 N–H and O–H groups in total. The van der Waals surface area contributed by atoms with E-state index in [1.54, 1.807) is 32.4 Å². The molecule has 0 aliphatic carbocycles. The summed E-state index contributed by atoms with van der Waals surface area (Å²) in [6.45, 7) is 3.32. The zero-order valence-electron chi connectivity index (χ0n) is 20.7. The first-order chi connectivity index (χ1) is 17.6. The van der Waals surface area contributed by atoms with E-state index in [9.17, 15) is 4.79 Å². The van der Waals surface area contributed by atoms with Crippen molar-refractivity contribution in [1.82, 2.24) is 14.9 Å². The number of carbonyl (C=O) groups excluding carboxylic acids is 1. The molecule has 2 aliphatic heterocycles. The van der Waals surface area contributed by atoms with Gasteiger partial charge in [-0.15, -0.1) is 0 Å². The monoisotopic (exact) mass is 489 g/mol. The lowest BCUT2D eigenvalue weighted by Crippen LogP contribution is -2.21. The van der Waals surface area contributed by atoms with Crippen LogP contribution in [0, 0.1) is 0 Å². The Hall–Kier alpha value is -3.85. The fourth-order valence-electron chi connectivity index (χ4n) is 4.77. The molecule has 0 spiro atoms. The summed E-state index contributed by atoms with van der Waals surface area (Å²) in [5.74, 6) is 1.19. The Morgan fingerprint density at radius 1 is 1.03 bits per heavy atom. The smallest absolute Gasteiger partial charge is 0.343 e. The number of methoxy groups -OCH3 is 2. The van der Waals surface area contributed by atoms with Crippen molar-refractivity contribution >= 4 is 17.3 Å². The summed E-state index contributed by atoms with van der Waals surface area (Å²) >= 11 is 0. The highest BCUT2D eigenvalue weighted by molar-refractivity contribution is 6.00. The fraction of sp³-hybridized carbons (Fsp3) is 0.370. The number of hydrogen-bond acceptors (Lipinski definition) is 8. The normalized spacial score (nSPS) is 14.9. The average molecular weight is 490 g/mol. The second-order valence-electron chi connectivity index (χ2n) is 9.01. The summed E-state index contributed by atoms with van der Waals surface area (Å²) in [5, 5.41) is 3.00. The second kappa shape index (κ2) is 10.8. The highest BCUT2D eigenvalue weighted by Gasteiger charge is 2.25. The summed E-state index contributed by atoms with van der Waals surface area (Å²) in [5.41, 5.74) is 7.56. The van der Waals surface area contributed by atoms with Crippen LogP contribution in [-0.2, 0) is 17.6 Å². The number of fused-ring (bicyclic) bond motifs is 3. The SMILES string of the molecule is COc1cc(NOc2nc(CCCN3CCCC3)c3c(n2)-c2ccccc2NC(=O)C3)cc(OC)c1. The van der Waals surface area contributed by atoms with Gasteiger partial charge in [0.25, 0.3) is 0 Å². The van der Waals surface area contributed by atoms with Gasteiger partial charge in [0, 0.05) is 29.3 Å². The maximum Gasteiger partial charge on any atom is 0.343 e. The third-order valence-corrected chi connectivity index (χ3v) is 6.56.